The number of benzene rings is 3. The van der Waals surface area contributed by atoms with E-state index in [4.69, 9.17) is 9.47 Å². The third-order valence-electron chi connectivity index (χ3n) is 6.86. The Morgan fingerprint density at radius 2 is 1.77 bits per heavy atom. The third-order valence-corrected chi connectivity index (χ3v) is 6.86. The summed E-state index contributed by atoms with van der Waals surface area (Å²) in [5, 5.41) is 1.19. The lowest BCUT2D eigenvalue weighted by molar-refractivity contribution is -0.135. The minimum atomic E-state index is -0.0469. The number of H-pyrrole nitrogens is 1. The number of aryl methyl sites for hydroxylation is 1. The zero-order chi connectivity index (χ0) is 24.0. The molecule has 3 aromatic carbocycles. The molecular formula is C30H32N2O3. The van der Waals surface area contributed by atoms with Gasteiger partial charge in [0.1, 0.15) is 12.4 Å². The van der Waals surface area contributed by atoms with E-state index >= 15 is 0 Å². The average Bonchev–Trinajstić information content (AvgIpc) is 3.36. The lowest BCUT2D eigenvalue weighted by Crippen LogP contribution is -2.41. The number of carbonyl (C=O) groups excluding carboxylic acids is 1. The fourth-order valence-electron chi connectivity index (χ4n) is 4.88. The van der Waals surface area contributed by atoms with Crippen molar-refractivity contribution in [2.24, 2.45) is 0 Å². The van der Waals surface area contributed by atoms with Gasteiger partial charge in [-0.2, -0.15) is 0 Å². The van der Waals surface area contributed by atoms with Crippen LogP contribution in [-0.2, 0) is 22.6 Å². The van der Waals surface area contributed by atoms with Crippen molar-refractivity contribution in [3.63, 3.8) is 0 Å². The quantitative estimate of drug-likeness (QED) is 0.361. The van der Waals surface area contributed by atoms with Crippen LogP contribution in [0.25, 0.3) is 10.9 Å². The van der Waals surface area contributed by atoms with E-state index < -0.39 is 0 Å². The van der Waals surface area contributed by atoms with Crippen molar-refractivity contribution >= 4 is 16.8 Å². The predicted molar refractivity (Wildman–Crippen MR) is 139 cm³/mol. The molecule has 1 aromatic heterocycles. The van der Waals surface area contributed by atoms with Gasteiger partial charge < -0.3 is 19.4 Å². The largest absolute Gasteiger partial charge is 0.489 e. The van der Waals surface area contributed by atoms with Crippen molar-refractivity contribution in [2.75, 3.05) is 26.3 Å². The van der Waals surface area contributed by atoms with Gasteiger partial charge in [0.2, 0.25) is 5.91 Å². The Kier molecular flexibility index (Phi) is 7.15. The molecule has 5 rings (SSSR count). The first-order valence-corrected chi connectivity index (χ1v) is 12.4. The molecule has 0 radical (unpaired) electrons. The highest BCUT2D eigenvalue weighted by atomic mass is 16.5. The van der Waals surface area contributed by atoms with Crippen LogP contribution in [0.5, 0.6) is 5.75 Å². The van der Waals surface area contributed by atoms with Crippen LogP contribution in [0.1, 0.15) is 41.5 Å². The van der Waals surface area contributed by atoms with E-state index in [1.54, 1.807) is 0 Å². The Hall–Kier alpha value is -3.57. The monoisotopic (exact) mass is 468 g/mol. The van der Waals surface area contributed by atoms with E-state index in [0.29, 0.717) is 39.3 Å². The van der Waals surface area contributed by atoms with Gasteiger partial charge in [0.15, 0.2) is 0 Å². The molecule has 1 atom stereocenters. The second kappa shape index (κ2) is 10.8. The summed E-state index contributed by atoms with van der Waals surface area (Å²) in [5.41, 5.74) is 5.86. The SMILES string of the molecule is CCc1cccc2c([C@@H](CC(=O)N3CCOCC3)c3ccc(OCc4ccccc4)cc3)c[nH]c12. The van der Waals surface area contributed by atoms with E-state index in [2.05, 4.69) is 60.6 Å². The van der Waals surface area contributed by atoms with Crippen LogP contribution in [0.3, 0.4) is 0 Å². The number of nitrogens with one attached hydrogen (secondary N) is 1. The van der Waals surface area contributed by atoms with E-state index in [9.17, 15) is 4.79 Å². The van der Waals surface area contributed by atoms with Gasteiger partial charge in [0, 0.05) is 42.5 Å². The van der Waals surface area contributed by atoms with Crippen LogP contribution in [0.15, 0.2) is 79.0 Å². The lowest BCUT2D eigenvalue weighted by atomic mass is 9.87. The number of amides is 1. The zero-order valence-corrected chi connectivity index (χ0v) is 20.2. The number of aromatic nitrogens is 1. The van der Waals surface area contributed by atoms with Gasteiger partial charge in [-0.15, -0.1) is 0 Å². The van der Waals surface area contributed by atoms with Crippen LogP contribution in [0.4, 0.5) is 0 Å². The molecule has 180 valence electrons. The first kappa shape index (κ1) is 23.2. The molecule has 5 heteroatoms. The molecule has 0 aliphatic carbocycles. The highest BCUT2D eigenvalue weighted by Crippen LogP contribution is 2.36. The number of para-hydroxylation sites is 1. The molecule has 4 aromatic rings. The normalized spacial score (nSPS) is 14.7. The molecule has 1 saturated heterocycles. The lowest BCUT2D eigenvalue weighted by Gasteiger charge is -2.28. The van der Waals surface area contributed by atoms with Gasteiger partial charge >= 0.3 is 0 Å². The maximum Gasteiger partial charge on any atom is 0.223 e. The summed E-state index contributed by atoms with van der Waals surface area (Å²) < 4.78 is 11.4. The van der Waals surface area contributed by atoms with E-state index in [-0.39, 0.29) is 11.8 Å². The van der Waals surface area contributed by atoms with Crippen molar-refractivity contribution in [1.82, 2.24) is 9.88 Å². The zero-order valence-electron chi connectivity index (χ0n) is 20.2. The fraction of sp³-hybridized carbons (Fsp3) is 0.300. The van der Waals surface area contributed by atoms with Gasteiger partial charge in [-0.3, -0.25) is 4.79 Å². The number of hydrogen-bond donors (Lipinski definition) is 1. The fourth-order valence-corrected chi connectivity index (χ4v) is 4.88. The Bertz CT molecular complexity index is 1260. The summed E-state index contributed by atoms with van der Waals surface area (Å²) in [6.07, 6.45) is 3.47. The van der Waals surface area contributed by atoms with Crippen molar-refractivity contribution in [1.29, 1.82) is 0 Å². The standard InChI is InChI=1S/C30H32N2O3/c1-2-23-9-6-10-26-28(20-31-30(23)26)27(19-29(33)32-15-17-34-18-16-32)24-11-13-25(14-12-24)35-21-22-7-4-3-5-8-22/h3-14,20,27,31H,2,15-19,21H2,1H3/t27-/m0/s1. The summed E-state index contributed by atoms with van der Waals surface area (Å²) in [6.45, 7) is 5.23. The van der Waals surface area contributed by atoms with Crippen molar-refractivity contribution in [3.8, 4) is 5.75 Å². The second-order valence-corrected chi connectivity index (χ2v) is 9.03. The molecule has 5 nitrogen and oxygen atoms in total. The van der Waals surface area contributed by atoms with Crippen LogP contribution in [0.2, 0.25) is 0 Å². The van der Waals surface area contributed by atoms with Gasteiger partial charge in [-0.05, 0) is 40.8 Å². The van der Waals surface area contributed by atoms with E-state index in [1.165, 1.54) is 10.9 Å². The van der Waals surface area contributed by atoms with Gasteiger partial charge in [0.05, 0.1) is 13.2 Å². The maximum atomic E-state index is 13.3. The molecule has 2 heterocycles. The minimum absolute atomic E-state index is 0.0469. The van der Waals surface area contributed by atoms with Gasteiger partial charge in [-0.25, -0.2) is 0 Å². The van der Waals surface area contributed by atoms with Crippen molar-refractivity contribution < 1.29 is 14.3 Å². The molecule has 0 bridgehead atoms. The molecule has 0 saturated carbocycles. The van der Waals surface area contributed by atoms with E-state index in [0.717, 1.165) is 34.4 Å². The smallest absolute Gasteiger partial charge is 0.223 e. The third kappa shape index (κ3) is 5.25. The van der Waals surface area contributed by atoms with E-state index in [1.807, 2.05) is 35.2 Å². The average molecular weight is 469 g/mol. The van der Waals surface area contributed by atoms with Crippen LogP contribution in [0, 0.1) is 0 Å². The number of morpholine rings is 1. The first-order valence-electron chi connectivity index (χ1n) is 12.4. The molecule has 35 heavy (non-hydrogen) atoms. The summed E-state index contributed by atoms with van der Waals surface area (Å²) in [6, 6.07) is 24.8. The molecule has 1 N–H and O–H groups in total. The number of hydrogen-bond acceptors (Lipinski definition) is 3. The molecule has 1 fully saturated rings. The van der Waals surface area contributed by atoms with Crippen LogP contribution < -0.4 is 4.74 Å². The molecule has 1 aliphatic heterocycles. The number of aromatic amines is 1. The Labute approximate surface area is 206 Å². The molecule has 1 amide bonds. The summed E-state index contributed by atoms with van der Waals surface area (Å²) in [7, 11) is 0. The first-order chi connectivity index (χ1) is 17.2. The number of fused-ring (bicyclic) bond motifs is 1. The predicted octanol–water partition coefficient (Wildman–Crippen LogP) is 5.69. The number of ether oxygens (including phenoxy) is 2. The summed E-state index contributed by atoms with van der Waals surface area (Å²) in [4.78, 5) is 18.7. The number of rotatable bonds is 8. The molecular weight excluding hydrogens is 436 g/mol. The number of carbonyl (C=O) groups is 1. The minimum Gasteiger partial charge on any atom is -0.489 e. The van der Waals surface area contributed by atoms with Crippen molar-refractivity contribution in [3.05, 3.63) is 101 Å². The van der Waals surface area contributed by atoms with Crippen LogP contribution in [-0.4, -0.2) is 42.1 Å². The van der Waals surface area contributed by atoms with Crippen LogP contribution >= 0.6 is 0 Å². The topological polar surface area (TPSA) is 54.6 Å². The molecule has 0 unspecified atom stereocenters. The van der Waals surface area contributed by atoms with Crippen molar-refractivity contribution in [2.45, 2.75) is 32.3 Å². The number of nitrogens with zero attached hydrogens (tertiary/aromatic N) is 1. The van der Waals surface area contributed by atoms with Gasteiger partial charge in [-0.1, -0.05) is 67.6 Å². The highest BCUT2D eigenvalue weighted by molar-refractivity contribution is 5.88. The van der Waals surface area contributed by atoms with Gasteiger partial charge in [0.25, 0.3) is 0 Å². The summed E-state index contributed by atoms with van der Waals surface area (Å²) in [5.74, 6) is 0.945. The Morgan fingerprint density at radius 1 is 1.00 bits per heavy atom. The summed E-state index contributed by atoms with van der Waals surface area (Å²) >= 11 is 0. The Balaban J connectivity index is 1.42. The second-order valence-electron chi connectivity index (χ2n) is 9.03. The maximum absolute atomic E-state index is 13.3. The molecule has 0 spiro atoms. The molecule has 1 aliphatic rings. The highest BCUT2D eigenvalue weighted by Gasteiger charge is 2.25. The Morgan fingerprint density at radius 3 is 2.51 bits per heavy atom.